The van der Waals surface area contributed by atoms with Gasteiger partial charge in [0.2, 0.25) is 0 Å². The molecule has 2 heterocycles. The molecule has 88 valence electrons. The van der Waals surface area contributed by atoms with Crippen LogP contribution in [0.25, 0.3) is 0 Å². The summed E-state index contributed by atoms with van der Waals surface area (Å²) in [5.74, 6) is 1.82. The zero-order chi connectivity index (χ0) is 11.4. The van der Waals surface area contributed by atoms with Gasteiger partial charge in [-0.05, 0) is 51.3 Å². The Morgan fingerprint density at radius 3 is 2.75 bits per heavy atom. The van der Waals surface area contributed by atoms with Crippen LogP contribution in [0.4, 0.5) is 0 Å². The maximum Gasteiger partial charge on any atom is 0.129 e. The third kappa shape index (κ3) is 3.01. The van der Waals surface area contributed by atoms with Crippen molar-refractivity contribution >= 4 is 0 Å². The van der Waals surface area contributed by atoms with Crippen LogP contribution in [0.1, 0.15) is 37.0 Å². The number of rotatable bonds is 3. The van der Waals surface area contributed by atoms with E-state index in [1.807, 2.05) is 0 Å². The van der Waals surface area contributed by atoms with E-state index in [9.17, 15) is 0 Å². The zero-order valence-electron chi connectivity index (χ0n) is 10.3. The van der Waals surface area contributed by atoms with E-state index in [1.165, 1.54) is 18.5 Å². The standard InChI is InChI=1S/C13H21N3/c1-3-12-8-10(2)15-13(16-12)9-11-4-6-14-7-5-11/h8,11,14H,3-7,9H2,1-2H3. The Hall–Kier alpha value is -0.960. The van der Waals surface area contributed by atoms with E-state index < -0.39 is 0 Å². The normalized spacial score (nSPS) is 17.6. The molecule has 0 atom stereocenters. The Morgan fingerprint density at radius 1 is 1.31 bits per heavy atom. The van der Waals surface area contributed by atoms with Gasteiger partial charge in [0.15, 0.2) is 0 Å². The van der Waals surface area contributed by atoms with Gasteiger partial charge in [0.25, 0.3) is 0 Å². The van der Waals surface area contributed by atoms with Gasteiger partial charge in [-0.3, -0.25) is 0 Å². The predicted molar refractivity (Wildman–Crippen MR) is 65.4 cm³/mol. The fraction of sp³-hybridized carbons (Fsp3) is 0.692. The lowest BCUT2D eigenvalue weighted by molar-refractivity contribution is 0.366. The Morgan fingerprint density at radius 2 is 2.06 bits per heavy atom. The highest BCUT2D eigenvalue weighted by molar-refractivity contribution is 5.10. The lowest BCUT2D eigenvalue weighted by Gasteiger charge is -2.21. The van der Waals surface area contributed by atoms with Crippen LogP contribution in [-0.4, -0.2) is 23.1 Å². The fourth-order valence-corrected chi connectivity index (χ4v) is 2.32. The molecular formula is C13H21N3. The van der Waals surface area contributed by atoms with Gasteiger partial charge in [0.05, 0.1) is 0 Å². The molecule has 16 heavy (non-hydrogen) atoms. The molecule has 0 amide bonds. The largest absolute Gasteiger partial charge is 0.317 e. The van der Waals surface area contributed by atoms with E-state index in [-0.39, 0.29) is 0 Å². The van der Waals surface area contributed by atoms with Crippen molar-refractivity contribution in [3.8, 4) is 0 Å². The van der Waals surface area contributed by atoms with Crippen molar-refractivity contribution in [3.05, 3.63) is 23.3 Å². The van der Waals surface area contributed by atoms with Crippen LogP contribution in [0.3, 0.4) is 0 Å². The molecule has 1 N–H and O–H groups in total. The highest BCUT2D eigenvalue weighted by atomic mass is 14.9. The van der Waals surface area contributed by atoms with Crippen molar-refractivity contribution in [3.63, 3.8) is 0 Å². The topological polar surface area (TPSA) is 37.8 Å². The van der Waals surface area contributed by atoms with E-state index >= 15 is 0 Å². The van der Waals surface area contributed by atoms with Crippen LogP contribution in [0.5, 0.6) is 0 Å². The second-order valence-corrected chi connectivity index (χ2v) is 4.67. The van der Waals surface area contributed by atoms with Crippen molar-refractivity contribution < 1.29 is 0 Å². The Kier molecular flexibility index (Phi) is 3.88. The van der Waals surface area contributed by atoms with E-state index in [4.69, 9.17) is 0 Å². The molecular weight excluding hydrogens is 198 g/mol. The minimum Gasteiger partial charge on any atom is -0.317 e. The number of aromatic nitrogens is 2. The summed E-state index contributed by atoms with van der Waals surface area (Å²) in [5, 5.41) is 3.39. The van der Waals surface area contributed by atoms with Crippen molar-refractivity contribution in [1.82, 2.24) is 15.3 Å². The molecule has 1 aromatic heterocycles. The SMILES string of the molecule is CCc1cc(C)nc(CC2CCNCC2)n1. The molecule has 2 rings (SSSR count). The Labute approximate surface area is 97.7 Å². The molecule has 0 bridgehead atoms. The van der Waals surface area contributed by atoms with Crippen molar-refractivity contribution in [1.29, 1.82) is 0 Å². The minimum absolute atomic E-state index is 0.771. The number of piperidine rings is 1. The molecule has 0 radical (unpaired) electrons. The highest BCUT2D eigenvalue weighted by Gasteiger charge is 2.15. The Balaban J connectivity index is 2.04. The van der Waals surface area contributed by atoms with Crippen molar-refractivity contribution in [2.45, 2.75) is 39.5 Å². The minimum atomic E-state index is 0.771. The first-order valence-electron chi connectivity index (χ1n) is 6.32. The van der Waals surface area contributed by atoms with Crippen LogP contribution < -0.4 is 5.32 Å². The van der Waals surface area contributed by atoms with Crippen LogP contribution in [0.2, 0.25) is 0 Å². The summed E-state index contributed by atoms with van der Waals surface area (Å²) in [7, 11) is 0. The average Bonchev–Trinajstić information content (AvgIpc) is 2.29. The van der Waals surface area contributed by atoms with Crippen molar-refractivity contribution in [2.75, 3.05) is 13.1 Å². The summed E-state index contributed by atoms with van der Waals surface area (Å²) in [6.07, 6.45) is 4.58. The first-order valence-corrected chi connectivity index (χ1v) is 6.32. The molecule has 1 aliphatic heterocycles. The number of nitrogens with one attached hydrogen (secondary N) is 1. The second kappa shape index (κ2) is 5.39. The smallest absolute Gasteiger partial charge is 0.129 e. The zero-order valence-corrected chi connectivity index (χ0v) is 10.3. The molecule has 0 spiro atoms. The molecule has 0 saturated carbocycles. The quantitative estimate of drug-likeness (QED) is 0.843. The lowest BCUT2D eigenvalue weighted by Crippen LogP contribution is -2.29. The number of hydrogen-bond donors (Lipinski definition) is 1. The first-order chi connectivity index (χ1) is 7.78. The van der Waals surface area contributed by atoms with Gasteiger partial charge in [0, 0.05) is 17.8 Å². The molecule has 3 nitrogen and oxygen atoms in total. The fourth-order valence-electron chi connectivity index (χ4n) is 2.32. The van der Waals surface area contributed by atoms with Gasteiger partial charge in [-0.15, -0.1) is 0 Å². The van der Waals surface area contributed by atoms with Crippen LogP contribution in [-0.2, 0) is 12.8 Å². The summed E-state index contributed by atoms with van der Waals surface area (Å²) in [6, 6.07) is 2.09. The molecule has 3 heteroatoms. The predicted octanol–water partition coefficient (Wildman–Crippen LogP) is 1.89. The van der Waals surface area contributed by atoms with Crippen LogP contribution >= 0.6 is 0 Å². The van der Waals surface area contributed by atoms with Crippen LogP contribution in [0.15, 0.2) is 6.07 Å². The average molecular weight is 219 g/mol. The Bertz CT molecular complexity index is 343. The van der Waals surface area contributed by atoms with Gasteiger partial charge >= 0.3 is 0 Å². The van der Waals surface area contributed by atoms with Gasteiger partial charge in [-0.2, -0.15) is 0 Å². The monoisotopic (exact) mass is 219 g/mol. The summed E-state index contributed by atoms with van der Waals surface area (Å²) in [6.45, 7) is 6.51. The molecule has 1 saturated heterocycles. The van der Waals surface area contributed by atoms with Crippen LogP contribution in [0, 0.1) is 12.8 Å². The van der Waals surface area contributed by atoms with E-state index in [0.29, 0.717) is 0 Å². The second-order valence-electron chi connectivity index (χ2n) is 4.67. The highest BCUT2D eigenvalue weighted by Crippen LogP contribution is 2.16. The van der Waals surface area contributed by atoms with Gasteiger partial charge in [-0.25, -0.2) is 9.97 Å². The summed E-state index contributed by atoms with van der Waals surface area (Å²) >= 11 is 0. The van der Waals surface area contributed by atoms with Gasteiger partial charge < -0.3 is 5.32 Å². The van der Waals surface area contributed by atoms with E-state index in [2.05, 4.69) is 35.2 Å². The molecule has 0 aliphatic carbocycles. The third-order valence-corrected chi connectivity index (χ3v) is 3.25. The maximum atomic E-state index is 4.61. The maximum absolute atomic E-state index is 4.61. The van der Waals surface area contributed by atoms with E-state index in [1.54, 1.807) is 0 Å². The first kappa shape index (κ1) is 11.5. The third-order valence-electron chi connectivity index (χ3n) is 3.25. The molecule has 1 aromatic rings. The summed E-state index contributed by atoms with van der Waals surface area (Å²) < 4.78 is 0. The number of aryl methyl sites for hydroxylation is 2. The summed E-state index contributed by atoms with van der Waals surface area (Å²) in [5.41, 5.74) is 2.28. The molecule has 1 fully saturated rings. The lowest BCUT2D eigenvalue weighted by atomic mass is 9.94. The van der Waals surface area contributed by atoms with Crippen molar-refractivity contribution in [2.24, 2.45) is 5.92 Å². The summed E-state index contributed by atoms with van der Waals surface area (Å²) in [4.78, 5) is 9.16. The van der Waals surface area contributed by atoms with Gasteiger partial charge in [-0.1, -0.05) is 6.92 Å². The number of nitrogens with zero attached hydrogens (tertiary/aromatic N) is 2. The van der Waals surface area contributed by atoms with E-state index in [0.717, 1.165) is 43.4 Å². The molecule has 1 aliphatic rings. The number of hydrogen-bond acceptors (Lipinski definition) is 3. The molecule has 0 aromatic carbocycles. The molecule has 0 unspecified atom stereocenters. The van der Waals surface area contributed by atoms with Gasteiger partial charge in [0.1, 0.15) is 5.82 Å².